The molecule has 3 N–H and O–H groups in total. The minimum absolute atomic E-state index is 0.358. The summed E-state index contributed by atoms with van der Waals surface area (Å²) >= 11 is 1.55. The van der Waals surface area contributed by atoms with Gasteiger partial charge in [0.25, 0.3) is 5.91 Å². The molecule has 5 nitrogen and oxygen atoms in total. The zero-order valence-electron chi connectivity index (χ0n) is 11.1. The molecule has 0 radical (unpaired) electrons. The van der Waals surface area contributed by atoms with Gasteiger partial charge in [0, 0.05) is 22.7 Å². The molecule has 106 valence electrons. The number of thioether (sulfide) groups is 1. The first-order valence-electron chi connectivity index (χ1n) is 6.22. The third-order valence-electron chi connectivity index (χ3n) is 3.05. The van der Waals surface area contributed by atoms with E-state index < -0.39 is 12.0 Å². The first kappa shape index (κ1) is 14.5. The minimum Gasteiger partial charge on any atom is -0.480 e. The normalized spacial score (nSPS) is 12.2. The number of carboxylic acids is 1. The van der Waals surface area contributed by atoms with Crippen LogP contribution in [0.15, 0.2) is 30.5 Å². The fourth-order valence-electron chi connectivity index (χ4n) is 2.01. The lowest BCUT2D eigenvalue weighted by atomic mass is 10.1. The van der Waals surface area contributed by atoms with E-state index in [2.05, 4.69) is 10.3 Å². The van der Waals surface area contributed by atoms with Gasteiger partial charge in [-0.05, 0) is 36.6 Å². The number of hydrogen-bond donors (Lipinski definition) is 3. The second-order valence-electron chi connectivity index (χ2n) is 4.39. The summed E-state index contributed by atoms with van der Waals surface area (Å²) in [5.74, 6) is -0.677. The number of hydrogen-bond acceptors (Lipinski definition) is 3. The molecular formula is C14H16N2O3S. The number of aliphatic carboxylic acids is 1. The van der Waals surface area contributed by atoms with Crippen molar-refractivity contribution in [3.63, 3.8) is 0 Å². The molecule has 6 heteroatoms. The lowest BCUT2D eigenvalue weighted by Gasteiger charge is -2.14. The van der Waals surface area contributed by atoms with E-state index in [-0.39, 0.29) is 5.91 Å². The Morgan fingerprint density at radius 3 is 2.90 bits per heavy atom. The number of rotatable bonds is 6. The SMILES string of the molecule is CSCC[C@H](NC(=O)c1cccc2[nH]ccc12)C(=O)O. The van der Waals surface area contributed by atoms with Gasteiger partial charge >= 0.3 is 5.97 Å². The summed E-state index contributed by atoms with van der Waals surface area (Å²) in [6.45, 7) is 0. The molecule has 2 rings (SSSR count). The number of aromatic amines is 1. The number of benzene rings is 1. The van der Waals surface area contributed by atoms with Gasteiger partial charge in [-0.25, -0.2) is 4.79 Å². The highest BCUT2D eigenvalue weighted by atomic mass is 32.2. The summed E-state index contributed by atoms with van der Waals surface area (Å²) in [7, 11) is 0. The highest BCUT2D eigenvalue weighted by Gasteiger charge is 2.21. The smallest absolute Gasteiger partial charge is 0.326 e. The summed E-state index contributed by atoms with van der Waals surface area (Å²) in [6, 6.07) is 6.28. The van der Waals surface area contributed by atoms with E-state index >= 15 is 0 Å². The number of amides is 1. The molecule has 1 amide bonds. The highest BCUT2D eigenvalue weighted by Crippen LogP contribution is 2.17. The van der Waals surface area contributed by atoms with Crippen LogP contribution in [0.4, 0.5) is 0 Å². The quantitative estimate of drug-likeness (QED) is 0.761. The van der Waals surface area contributed by atoms with Crippen LogP contribution in [0.3, 0.4) is 0 Å². The van der Waals surface area contributed by atoms with Crippen molar-refractivity contribution in [1.29, 1.82) is 0 Å². The Balaban J connectivity index is 2.18. The maximum atomic E-state index is 12.2. The van der Waals surface area contributed by atoms with Crippen LogP contribution < -0.4 is 5.32 Å². The molecule has 2 aromatic rings. The minimum atomic E-state index is -1.01. The summed E-state index contributed by atoms with van der Waals surface area (Å²) in [6.07, 6.45) is 4.07. The third kappa shape index (κ3) is 3.14. The fourth-order valence-corrected chi connectivity index (χ4v) is 2.48. The number of carboxylic acid groups (broad SMARTS) is 1. The maximum absolute atomic E-state index is 12.2. The molecule has 1 aromatic carbocycles. The monoisotopic (exact) mass is 292 g/mol. The average Bonchev–Trinajstić information content (AvgIpc) is 2.90. The molecular weight excluding hydrogens is 276 g/mol. The zero-order valence-corrected chi connectivity index (χ0v) is 11.9. The van der Waals surface area contributed by atoms with Crippen LogP contribution in [0.5, 0.6) is 0 Å². The maximum Gasteiger partial charge on any atom is 0.326 e. The first-order valence-corrected chi connectivity index (χ1v) is 7.61. The van der Waals surface area contributed by atoms with Crippen LogP contribution in [-0.4, -0.2) is 40.0 Å². The van der Waals surface area contributed by atoms with Crippen molar-refractivity contribution in [3.05, 3.63) is 36.0 Å². The van der Waals surface area contributed by atoms with E-state index in [1.165, 1.54) is 0 Å². The van der Waals surface area contributed by atoms with E-state index in [0.29, 0.717) is 17.7 Å². The van der Waals surface area contributed by atoms with E-state index in [4.69, 9.17) is 5.11 Å². The van der Waals surface area contributed by atoms with Gasteiger partial charge in [-0.2, -0.15) is 11.8 Å². The second-order valence-corrected chi connectivity index (χ2v) is 5.38. The van der Waals surface area contributed by atoms with Crippen molar-refractivity contribution in [3.8, 4) is 0 Å². The van der Waals surface area contributed by atoms with Crippen LogP contribution >= 0.6 is 11.8 Å². The highest BCUT2D eigenvalue weighted by molar-refractivity contribution is 7.98. The number of H-pyrrole nitrogens is 1. The molecule has 0 spiro atoms. The van der Waals surface area contributed by atoms with E-state index in [1.54, 1.807) is 30.1 Å². The van der Waals surface area contributed by atoms with Gasteiger partial charge in [0.1, 0.15) is 6.04 Å². The largest absolute Gasteiger partial charge is 0.480 e. The van der Waals surface area contributed by atoms with Crippen molar-refractivity contribution in [1.82, 2.24) is 10.3 Å². The average molecular weight is 292 g/mol. The fraction of sp³-hybridized carbons (Fsp3) is 0.286. The number of nitrogens with one attached hydrogen (secondary N) is 2. The van der Waals surface area contributed by atoms with Crippen molar-refractivity contribution in [2.24, 2.45) is 0 Å². The molecule has 0 bridgehead atoms. The van der Waals surface area contributed by atoms with Crippen LogP contribution in [0.25, 0.3) is 10.9 Å². The van der Waals surface area contributed by atoms with Crippen molar-refractivity contribution in [2.45, 2.75) is 12.5 Å². The van der Waals surface area contributed by atoms with Crippen molar-refractivity contribution < 1.29 is 14.7 Å². The Labute approximate surface area is 120 Å². The summed E-state index contributed by atoms with van der Waals surface area (Å²) in [4.78, 5) is 26.4. The molecule has 0 aliphatic rings. The third-order valence-corrected chi connectivity index (χ3v) is 3.70. The predicted molar refractivity (Wildman–Crippen MR) is 80.2 cm³/mol. The molecule has 0 saturated carbocycles. The molecule has 0 saturated heterocycles. The zero-order chi connectivity index (χ0) is 14.5. The number of carbonyl (C=O) groups excluding carboxylic acids is 1. The van der Waals surface area contributed by atoms with Gasteiger partial charge in [-0.15, -0.1) is 0 Å². The van der Waals surface area contributed by atoms with Gasteiger partial charge in [-0.3, -0.25) is 4.79 Å². The number of aromatic nitrogens is 1. The molecule has 0 unspecified atom stereocenters. The van der Waals surface area contributed by atoms with Crippen LogP contribution in [0.2, 0.25) is 0 Å². The van der Waals surface area contributed by atoms with Gasteiger partial charge in [0.15, 0.2) is 0 Å². The number of carbonyl (C=O) groups is 2. The Morgan fingerprint density at radius 2 is 2.20 bits per heavy atom. The van der Waals surface area contributed by atoms with E-state index in [9.17, 15) is 9.59 Å². The predicted octanol–water partition coefficient (Wildman–Crippen LogP) is 2.10. The molecule has 1 aromatic heterocycles. The summed E-state index contributed by atoms with van der Waals surface area (Å²) in [5.41, 5.74) is 1.34. The Hall–Kier alpha value is -1.95. The lowest BCUT2D eigenvalue weighted by molar-refractivity contribution is -0.139. The van der Waals surface area contributed by atoms with E-state index in [0.717, 1.165) is 10.9 Å². The number of fused-ring (bicyclic) bond motifs is 1. The van der Waals surface area contributed by atoms with Crippen molar-refractivity contribution in [2.75, 3.05) is 12.0 Å². The Bertz CT molecular complexity index is 624. The van der Waals surface area contributed by atoms with Crippen LogP contribution in [0.1, 0.15) is 16.8 Å². The topological polar surface area (TPSA) is 82.2 Å². The second kappa shape index (κ2) is 6.47. The van der Waals surface area contributed by atoms with Crippen molar-refractivity contribution >= 4 is 34.5 Å². The van der Waals surface area contributed by atoms with Gasteiger partial charge < -0.3 is 15.4 Å². The Kier molecular flexibility index (Phi) is 4.68. The molecule has 0 aliphatic heterocycles. The van der Waals surface area contributed by atoms with Crippen LogP contribution in [0, 0.1) is 0 Å². The Morgan fingerprint density at radius 1 is 1.40 bits per heavy atom. The molecule has 1 atom stereocenters. The summed E-state index contributed by atoms with van der Waals surface area (Å²) < 4.78 is 0. The van der Waals surface area contributed by atoms with Gasteiger partial charge in [0.2, 0.25) is 0 Å². The molecule has 0 aliphatic carbocycles. The standard InChI is InChI=1S/C14H16N2O3S/c1-20-8-6-12(14(18)19)16-13(17)10-3-2-4-11-9(10)5-7-15-11/h2-5,7,12,15H,6,8H2,1H3,(H,16,17)(H,18,19)/t12-/m0/s1. The van der Waals surface area contributed by atoms with Crippen LogP contribution in [-0.2, 0) is 4.79 Å². The lowest BCUT2D eigenvalue weighted by Crippen LogP contribution is -2.41. The van der Waals surface area contributed by atoms with Gasteiger partial charge in [0.05, 0.1) is 0 Å². The molecule has 0 fully saturated rings. The van der Waals surface area contributed by atoms with E-state index in [1.807, 2.05) is 18.4 Å². The molecule has 1 heterocycles. The van der Waals surface area contributed by atoms with Gasteiger partial charge in [-0.1, -0.05) is 6.07 Å². The first-order chi connectivity index (χ1) is 9.63. The summed E-state index contributed by atoms with van der Waals surface area (Å²) in [5, 5.41) is 12.5. The molecule has 20 heavy (non-hydrogen) atoms.